The van der Waals surface area contributed by atoms with Crippen molar-refractivity contribution in [2.75, 3.05) is 11.9 Å². The molecule has 0 aliphatic carbocycles. The Bertz CT molecular complexity index is 948. The number of aryl methyl sites for hydroxylation is 1. The number of anilines is 1. The summed E-state index contributed by atoms with van der Waals surface area (Å²) in [6, 6.07) is 14.8. The summed E-state index contributed by atoms with van der Waals surface area (Å²) >= 11 is 0. The van der Waals surface area contributed by atoms with Crippen molar-refractivity contribution in [3.63, 3.8) is 0 Å². The Morgan fingerprint density at radius 1 is 1.15 bits per heavy atom. The fourth-order valence-corrected chi connectivity index (χ4v) is 2.82. The van der Waals surface area contributed by atoms with Gasteiger partial charge in [0.15, 0.2) is 0 Å². The second-order valence-corrected chi connectivity index (χ2v) is 6.18. The van der Waals surface area contributed by atoms with Crippen LogP contribution in [0, 0.1) is 0 Å². The average molecular weight is 367 g/mol. The van der Waals surface area contributed by atoms with Crippen LogP contribution in [-0.2, 0) is 23.1 Å². The third kappa shape index (κ3) is 4.84. The van der Waals surface area contributed by atoms with Gasteiger partial charge in [-0.2, -0.15) is 5.10 Å². The van der Waals surface area contributed by atoms with Crippen LogP contribution in [0.25, 0.3) is 10.9 Å². The number of hydrogen-bond acceptors (Lipinski definition) is 4. The molecular weight excluding hydrogens is 346 g/mol. The minimum Gasteiger partial charge on any atom is -0.494 e. The number of ether oxygens (including phenoxy) is 1. The van der Waals surface area contributed by atoms with E-state index < -0.39 is 5.97 Å². The van der Waals surface area contributed by atoms with E-state index in [0.717, 1.165) is 16.6 Å². The van der Waals surface area contributed by atoms with E-state index in [-0.39, 0.29) is 18.7 Å². The molecule has 0 aliphatic rings. The Morgan fingerprint density at radius 3 is 2.63 bits per heavy atom. The zero-order valence-electron chi connectivity index (χ0n) is 15.0. The Balaban J connectivity index is 1.55. The number of nitrogens with one attached hydrogen (secondary N) is 1. The maximum Gasteiger partial charge on any atom is 0.303 e. The molecule has 0 spiro atoms. The highest BCUT2D eigenvalue weighted by Crippen LogP contribution is 2.19. The molecule has 140 valence electrons. The van der Waals surface area contributed by atoms with Crippen LogP contribution in [-0.4, -0.2) is 33.4 Å². The molecule has 0 radical (unpaired) electrons. The van der Waals surface area contributed by atoms with Crippen LogP contribution in [0.4, 0.5) is 5.69 Å². The monoisotopic (exact) mass is 367 g/mol. The minimum atomic E-state index is -0.836. The molecular formula is C20H21N3O4. The summed E-state index contributed by atoms with van der Waals surface area (Å²) in [5, 5.41) is 16.9. The van der Waals surface area contributed by atoms with Gasteiger partial charge in [0, 0.05) is 24.5 Å². The quantitative estimate of drug-likeness (QED) is 0.597. The van der Waals surface area contributed by atoms with Gasteiger partial charge in [-0.25, -0.2) is 0 Å². The first-order chi connectivity index (χ1) is 13.0. The molecule has 1 aromatic heterocycles. The number of carboxylic acid groups (broad SMARTS) is 1. The van der Waals surface area contributed by atoms with Gasteiger partial charge in [-0.15, -0.1) is 0 Å². The molecule has 3 aromatic rings. The van der Waals surface area contributed by atoms with Gasteiger partial charge in [0.05, 0.1) is 24.2 Å². The maximum absolute atomic E-state index is 12.3. The number of carbonyl (C=O) groups is 2. The van der Waals surface area contributed by atoms with Crippen LogP contribution in [0.3, 0.4) is 0 Å². The lowest BCUT2D eigenvalue weighted by Crippen LogP contribution is -2.15. The second kappa shape index (κ2) is 8.35. The normalized spacial score (nSPS) is 10.7. The summed E-state index contributed by atoms with van der Waals surface area (Å²) in [6.45, 7) is 0.338. The van der Waals surface area contributed by atoms with E-state index in [9.17, 15) is 9.59 Å². The van der Waals surface area contributed by atoms with Crippen molar-refractivity contribution in [2.45, 2.75) is 19.3 Å². The first kappa shape index (κ1) is 18.4. The molecule has 0 atom stereocenters. The zero-order chi connectivity index (χ0) is 19.2. The van der Waals surface area contributed by atoms with Crippen molar-refractivity contribution in [3.05, 3.63) is 54.2 Å². The largest absolute Gasteiger partial charge is 0.494 e. The van der Waals surface area contributed by atoms with Gasteiger partial charge in [0.25, 0.3) is 0 Å². The van der Waals surface area contributed by atoms with Gasteiger partial charge in [-0.05, 0) is 36.8 Å². The summed E-state index contributed by atoms with van der Waals surface area (Å²) < 4.78 is 7.25. The molecule has 7 nitrogen and oxygen atoms in total. The number of para-hydroxylation sites is 1. The molecule has 0 aliphatic heterocycles. The number of nitrogens with zero attached hydrogens (tertiary/aromatic N) is 2. The van der Waals surface area contributed by atoms with E-state index in [1.807, 2.05) is 31.3 Å². The fourth-order valence-electron chi connectivity index (χ4n) is 2.82. The summed E-state index contributed by atoms with van der Waals surface area (Å²) in [5.74, 6) is -0.347. The predicted molar refractivity (Wildman–Crippen MR) is 102 cm³/mol. The van der Waals surface area contributed by atoms with Crippen molar-refractivity contribution >= 4 is 28.5 Å². The molecule has 1 heterocycles. The summed E-state index contributed by atoms with van der Waals surface area (Å²) in [4.78, 5) is 22.8. The topological polar surface area (TPSA) is 93.5 Å². The highest BCUT2D eigenvalue weighted by Gasteiger charge is 2.12. The van der Waals surface area contributed by atoms with E-state index in [0.29, 0.717) is 24.5 Å². The van der Waals surface area contributed by atoms with Crippen LogP contribution in [0.15, 0.2) is 48.5 Å². The van der Waals surface area contributed by atoms with Gasteiger partial charge < -0.3 is 15.2 Å². The molecule has 3 rings (SSSR count). The van der Waals surface area contributed by atoms with E-state index in [1.54, 1.807) is 28.9 Å². The number of hydrogen-bond donors (Lipinski definition) is 2. The molecule has 0 saturated carbocycles. The molecule has 0 fully saturated rings. The van der Waals surface area contributed by atoms with Crippen molar-refractivity contribution in [1.29, 1.82) is 0 Å². The molecule has 0 bridgehead atoms. The summed E-state index contributed by atoms with van der Waals surface area (Å²) in [5.41, 5.74) is 2.40. The number of carboxylic acids is 1. The van der Waals surface area contributed by atoms with Gasteiger partial charge in [0.2, 0.25) is 5.91 Å². The van der Waals surface area contributed by atoms with E-state index in [1.165, 1.54) is 0 Å². The Kier molecular flexibility index (Phi) is 5.71. The molecule has 2 N–H and O–H groups in total. The van der Waals surface area contributed by atoms with E-state index in [4.69, 9.17) is 9.84 Å². The zero-order valence-corrected chi connectivity index (χ0v) is 15.0. The summed E-state index contributed by atoms with van der Waals surface area (Å²) in [6.07, 6.45) is 0.719. The molecule has 0 saturated heterocycles. The number of benzene rings is 2. The number of rotatable bonds is 8. The number of aliphatic carboxylic acids is 1. The van der Waals surface area contributed by atoms with Crippen molar-refractivity contribution in [2.24, 2.45) is 7.05 Å². The first-order valence-corrected chi connectivity index (χ1v) is 8.68. The van der Waals surface area contributed by atoms with E-state index >= 15 is 0 Å². The van der Waals surface area contributed by atoms with Crippen LogP contribution in [0.5, 0.6) is 5.75 Å². The molecule has 7 heteroatoms. The highest BCUT2D eigenvalue weighted by molar-refractivity contribution is 5.95. The lowest BCUT2D eigenvalue weighted by Gasteiger charge is -2.08. The van der Waals surface area contributed by atoms with Gasteiger partial charge >= 0.3 is 5.97 Å². The van der Waals surface area contributed by atoms with Crippen LogP contribution in [0.2, 0.25) is 0 Å². The molecule has 2 aromatic carbocycles. The molecule has 0 unspecified atom stereocenters. The highest BCUT2D eigenvalue weighted by atomic mass is 16.5. The van der Waals surface area contributed by atoms with Crippen LogP contribution >= 0.6 is 0 Å². The number of aromatic nitrogens is 2. The van der Waals surface area contributed by atoms with Crippen LogP contribution in [0.1, 0.15) is 18.5 Å². The fraction of sp³-hybridized carbons (Fsp3) is 0.250. The van der Waals surface area contributed by atoms with Crippen molar-refractivity contribution < 1.29 is 19.4 Å². The maximum atomic E-state index is 12.3. The van der Waals surface area contributed by atoms with E-state index in [2.05, 4.69) is 10.4 Å². The Hall–Kier alpha value is -3.35. The standard InChI is InChI=1S/C20H21N3O4/c1-23-18-6-3-2-5-16(18)17(22-23)13-19(24)21-14-8-10-15(11-9-14)27-12-4-7-20(25)26/h2-3,5-6,8-11H,4,7,12-13H2,1H3,(H,21,24)(H,25,26). The second-order valence-electron chi connectivity index (χ2n) is 6.18. The predicted octanol–water partition coefficient (Wildman–Crippen LogP) is 3.00. The van der Waals surface area contributed by atoms with Crippen molar-refractivity contribution in [3.8, 4) is 5.75 Å². The van der Waals surface area contributed by atoms with Gasteiger partial charge in [0.1, 0.15) is 5.75 Å². The SMILES string of the molecule is Cn1nc(CC(=O)Nc2ccc(OCCCC(=O)O)cc2)c2ccccc21. The summed E-state index contributed by atoms with van der Waals surface area (Å²) in [7, 11) is 1.86. The lowest BCUT2D eigenvalue weighted by molar-refractivity contribution is -0.137. The average Bonchev–Trinajstić information content (AvgIpc) is 2.96. The van der Waals surface area contributed by atoms with Gasteiger partial charge in [-0.1, -0.05) is 18.2 Å². The lowest BCUT2D eigenvalue weighted by atomic mass is 10.1. The first-order valence-electron chi connectivity index (χ1n) is 8.68. The molecule has 27 heavy (non-hydrogen) atoms. The van der Waals surface area contributed by atoms with Crippen molar-refractivity contribution in [1.82, 2.24) is 9.78 Å². The Labute approximate surface area is 156 Å². The number of carbonyl (C=O) groups excluding carboxylic acids is 1. The molecule has 1 amide bonds. The number of fused-ring (bicyclic) bond motifs is 1. The van der Waals surface area contributed by atoms with Gasteiger partial charge in [-0.3, -0.25) is 14.3 Å². The van der Waals surface area contributed by atoms with Crippen LogP contribution < -0.4 is 10.1 Å². The smallest absolute Gasteiger partial charge is 0.303 e. The third-order valence-electron chi connectivity index (χ3n) is 4.10. The third-order valence-corrected chi connectivity index (χ3v) is 4.10. The number of amides is 1. The Morgan fingerprint density at radius 2 is 1.89 bits per heavy atom. The minimum absolute atomic E-state index is 0.0797.